The number of hydrogen-bond donors (Lipinski definition) is 0. The summed E-state index contributed by atoms with van der Waals surface area (Å²) in [7, 11) is -3.48. The van der Waals surface area contributed by atoms with E-state index in [9.17, 15) is 13.2 Å². The number of benzene rings is 2. The van der Waals surface area contributed by atoms with Gasteiger partial charge in [-0.3, -0.25) is 4.79 Å². The van der Waals surface area contributed by atoms with Crippen LogP contribution in [0, 0.1) is 0 Å². The number of carbonyl (C=O) groups excluding carboxylic acids is 1. The van der Waals surface area contributed by atoms with E-state index in [0.29, 0.717) is 18.0 Å². The average Bonchev–Trinajstić information content (AvgIpc) is 3.05. The van der Waals surface area contributed by atoms with Crippen LogP contribution in [0.4, 0.5) is 0 Å². The van der Waals surface area contributed by atoms with Crippen LogP contribution in [-0.2, 0) is 16.4 Å². The Labute approximate surface area is 180 Å². The van der Waals surface area contributed by atoms with Gasteiger partial charge in [-0.05, 0) is 57.2 Å². The first-order valence-electron chi connectivity index (χ1n) is 9.58. The summed E-state index contributed by atoms with van der Waals surface area (Å²) in [6.45, 7) is 9.98. The molecule has 0 saturated carbocycles. The van der Waals surface area contributed by atoms with Crippen molar-refractivity contribution in [2.75, 3.05) is 6.61 Å². The minimum Gasteiger partial charge on any atom is -0.494 e. The third kappa shape index (κ3) is 4.39. The number of amides is 1. The van der Waals surface area contributed by atoms with Crippen LogP contribution in [-0.4, -0.2) is 30.7 Å². The highest BCUT2D eigenvalue weighted by molar-refractivity contribution is 7.92. The van der Waals surface area contributed by atoms with Gasteiger partial charge in [0.1, 0.15) is 5.75 Å². The van der Waals surface area contributed by atoms with Gasteiger partial charge in [0, 0.05) is 12.1 Å². The van der Waals surface area contributed by atoms with Gasteiger partial charge in [-0.1, -0.05) is 23.5 Å². The van der Waals surface area contributed by atoms with Crippen LogP contribution in [0.25, 0.3) is 10.2 Å². The molecular weight excluding hydrogens is 420 g/mol. The van der Waals surface area contributed by atoms with E-state index in [-0.39, 0.29) is 10.5 Å². The van der Waals surface area contributed by atoms with Crippen LogP contribution in [0.5, 0.6) is 5.75 Å². The van der Waals surface area contributed by atoms with Crippen LogP contribution in [0.1, 0.15) is 31.1 Å². The van der Waals surface area contributed by atoms with Crippen LogP contribution >= 0.6 is 11.3 Å². The molecule has 0 spiro atoms. The second-order valence-electron chi connectivity index (χ2n) is 6.89. The fourth-order valence-corrected chi connectivity index (χ4v) is 5.10. The first-order valence-corrected chi connectivity index (χ1v) is 11.9. The number of nitrogens with zero attached hydrogens (tertiary/aromatic N) is 2. The number of aromatic nitrogens is 1. The number of carbonyl (C=O) groups is 1. The SMILES string of the molecule is C=CCn1c(=NC(=O)c2cccc(S(=O)(=O)C(C)C)c2)sc2cc(OCC)ccc21. The highest BCUT2D eigenvalue weighted by Gasteiger charge is 2.20. The molecule has 0 atom stereocenters. The van der Waals surface area contributed by atoms with E-state index in [1.54, 1.807) is 32.1 Å². The molecular formula is C22H24N2O4S2. The number of hydrogen-bond acceptors (Lipinski definition) is 5. The highest BCUT2D eigenvalue weighted by atomic mass is 32.2. The predicted octanol–water partition coefficient (Wildman–Crippen LogP) is 4.21. The lowest BCUT2D eigenvalue weighted by Gasteiger charge is -2.08. The van der Waals surface area contributed by atoms with Crippen LogP contribution < -0.4 is 9.54 Å². The predicted molar refractivity (Wildman–Crippen MR) is 120 cm³/mol. The Hall–Kier alpha value is -2.71. The summed E-state index contributed by atoms with van der Waals surface area (Å²) in [6, 6.07) is 11.8. The summed E-state index contributed by atoms with van der Waals surface area (Å²) < 4.78 is 33.3. The molecule has 0 fully saturated rings. The van der Waals surface area contributed by atoms with Crippen LogP contribution in [0.3, 0.4) is 0 Å². The van der Waals surface area contributed by atoms with Crippen molar-refractivity contribution in [3.05, 3.63) is 65.5 Å². The number of rotatable bonds is 7. The zero-order chi connectivity index (χ0) is 21.9. The van der Waals surface area contributed by atoms with E-state index in [2.05, 4.69) is 11.6 Å². The van der Waals surface area contributed by atoms with Gasteiger partial charge in [-0.15, -0.1) is 6.58 Å². The van der Waals surface area contributed by atoms with Gasteiger partial charge >= 0.3 is 0 Å². The Bertz CT molecular complexity index is 1270. The molecule has 0 saturated heterocycles. The Morgan fingerprint density at radius 2 is 2.03 bits per heavy atom. The molecule has 1 amide bonds. The normalized spacial score (nSPS) is 12.5. The molecule has 30 heavy (non-hydrogen) atoms. The Morgan fingerprint density at radius 3 is 2.70 bits per heavy atom. The Balaban J connectivity index is 2.09. The monoisotopic (exact) mass is 444 g/mol. The second-order valence-corrected chi connectivity index (χ2v) is 10.4. The summed E-state index contributed by atoms with van der Waals surface area (Å²) in [5.41, 5.74) is 1.15. The van der Waals surface area contributed by atoms with Gasteiger partial charge in [0.15, 0.2) is 14.6 Å². The van der Waals surface area contributed by atoms with Crippen molar-refractivity contribution in [3.8, 4) is 5.75 Å². The minimum atomic E-state index is -3.48. The lowest BCUT2D eigenvalue weighted by molar-refractivity contribution is 0.0997. The minimum absolute atomic E-state index is 0.121. The van der Waals surface area contributed by atoms with E-state index >= 15 is 0 Å². The molecule has 158 valence electrons. The summed E-state index contributed by atoms with van der Waals surface area (Å²) in [4.78, 5) is 17.8. The summed E-state index contributed by atoms with van der Waals surface area (Å²) in [5.74, 6) is 0.256. The van der Waals surface area contributed by atoms with Crippen molar-refractivity contribution in [2.24, 2.45) is 4.99 Å². The van der Waals surface area contributed by atoms with Crippen molar-refractivity contribution in [2.45, 2.75) is 37.5 Å². The number of allylic oxidation sites excluding steroid dienone is 1. The molecule has 0 bridgehead atoms. The van der Waals surface area contributed by atoms with E-state index in [0.717, 1.165) is 16.0 Å². The zero-order valence-corrected chi connectivity index (χ0v) is 18.8. The lowest BCUT2D eigenvalue weighted by Crippen LogP contribution is -2.17. The Morgan fingerprint density at radius 1 is 1.27 bits per heavy atom. The molecule has 0 aliphatic rings. The molecule has 2 aromatic carbocycles. The van der Waals surface area contributed by atoms with E-state index < -0.39 is 21.0 Å². The molecule has 1 heterocycles. The fraction of sp³-hybridized carbons (Fsp3) is 0.273. The molecule has 8 heteroatoms. The largest absolute Gasteiger partial charge is 0.494 e. The van der Waals surface area contributed by atoms with Gasteiger partial charge in [0.25, 0.3) is 5.91 Å². The first-order chi connectivity index (χ1) is 14.3. The summed E-state index contributed by atoms with van der Waals surface area (Å²) >= 11 is 1.37. The van der Waals surface area contributed by atoms with Gasteiger partial charge < -0.3 is 9.30 Å². The maximum atomic E-state index is 12.8. The van der Waals surface area contributed by atoms with E-state index in [4.69, 9.17) is 4.74 Å². The molecule has 3 aromatic rings. The van der Waals surface area contributed by atoms with Gasteiger partial charge in [0.05, 0.1) is 27.0 Å². The maximum Gasteiger partial charge on any atom is 0.279 e. The van der Waals surface area contributed by atoms with E-state index in [1.807, 2.05) is 29.7 Å². The Kier molecular flexibility index (Phi) is 6.58. The maximum absolute atomic E-state index is 12.8. The number of thiazole rings is 1. The summed E-state index contributed by atoms with van der Waals surface area (Å²) in [5, 5.41) is -0.573. The van der Waals surface area contributed by atoms with Crippen LogP contribution in [0.15, 0.2) is 65.0 Å². The van der Waals surface area contributed by atoms with E-state index in [1.165, 1.54) is 23.5 Å². The third-order valence-corrected chi connectivity index (χ3v) is 7.70. The van der Waals surface area contributed by atoms with Crippen molar-refractivity contribution >= 4 is 37.3 Å². The second kappa shape index (κ2) is 8.97. The zero-order valence-electron chi connectivity index (χ0n) is 17.2. The van der Waals surface area contributed by atoms with Crippen molar-refractivity contribution in [3.63, 3.8) is 0 Å². The van der Waals surface area contributed by atoms with Crippen molar-refractivity contribution in [1.82, 2.24) is 4.57 Å². The van der Waals surface area contributed by atoms with Crippen molar-refractivity contribution in [1.29, 1.82) is 0 Å². The van der Waals surface area contributed by atoms with Gasteiger partial charge in [-0.2, -0.15) is 4.99 Å². The standard InChI is InChI=1S/C22H24N2O4S2/c1-5-12-24-19-11-10-17(28-6-2)14-20(19)29-22(24)23-21(25)16-8-7-9-18(13-16)30(26,27)15(3)4/h5,7-11,13-15H,1,6,12H2,2-4H3. The smallest absolute Gasteiger partial charge is 0.279 e. The molecule has 0 N–H and O–H groups in total. The fourth-order valence-electron chi connectivity index (χ4n) is 2.93. The topological polar surface area (TPSA) is 77.7 Å². The molecule has 0 radical (unpaired) electrons. The number of sulfone groups is 1. The van der Waals surface area contributed by atoms with Gasteiger partial charge in [0.2, 0.25) is 0 Å². The molecule has 6 nitrogen and oxygen atoms in total. The number of ether oxygens (including phenoxy) is 1. The average molecular weight is 445 g/mol. The first kappa shape index (κ1) is 22.0. The molecule has 3 rings (SSSR count). The quantitative estimate of drug-likeness (QED) is 0.512. The lowest BCUT2D eigenvalue weighted by atomic mass is 10.2. The molecule has 1 aromatic heterocycles. The van der Waals surface area contributed by atoms with Gasteiger partial charge in [-0.25, -0.2) is 8.42 Å². The molecule has 0 unspecified atom stereocenters. The van der Waals surface area contributed by atoms with Crippen molar-refractivity contribution < 1.29 is 17.9 Å². The third-order valence-electron chi connectivity index (χ3n) is 4.50. The summed E-state index contributed by atoms with van der Waals surface area (Å²) in [6.07, 6.45) is 1.74. The van der Waals surface area contributed by atoms with Crippen LogP contribution in [0.2, 0.25) is 0 Å². The molecule has 0 aliphatic heterocycles. The number of fused-ring (bicyclic) bond motifs is 1. The molecule has 0 aliphatic carbocycles. The highest BCUT2D eigenvalue weighted by Crippen LogP contribution is 2.24.